The van der Waals surface area contributed by atoms with Crippen LogP contribution in [0.2, 0.25) is 0 Å². The molecule has 1 atom stereocenters. The molecule has 0 saturated carbocycles. The van der Waals surface area contributed by atoms with Crippen LogP contribution in [0, 0.1) is 0 Å². The monoisotopic (exact) mass is 226 g/mol. The molecule has 3 N–H and O–H groups in total. The molecule has 14 heavy (non-hydrogen) atoms. The van der Waals surface area contributed by atoms with E-state index in [4.69, 9.17) is 19.7 Å². The van der Waals surface area contributed by atoms with E-state index in [1.165, 1.54) is 11.8 Å². The highest BCUT2D eigenvalue weighted by atomic mass is 32.2. The van der Waals surface area contributed by atoms with Gasteiger partial charge in [-0.25, -0.2) is 0 Å². The van der Waals surface area contributed by atoms with E-state index in [0.29, 0.717) is 19.0 Å². The van der Waals surface area contributed by atoms with Gasteiger partial charge in [0.2, 0.25) is 0 Å². The van der Waals surface area contributed by atoms with Crippen molar-refractivity contribution in [2.75, 3.05) is 45.4 Å². The average molecular weight is 226 g/mol. The molecule has 0 radical (unpaired) electrons. The van der Waals surface area contributed by atoms with E-state index in [0.717, 1.165) is 0 Å². The van der Waals surface area contributed by atoms with Gasteiger partial charge in [0.1, 0.15) is 5.44 Å². The van der Waals surface area contributed by atoms with Crippen LogP contribution in [0.4, 0.5) is 0 Å². The second-order valence-electron chi connectivity index (χ2n) is 2.46. The Kier molecular flexibility index (Phi) is 11.3. The molecular formula is C8H18O5S. The maximum Gasteiger partial charge on any atom is 0.123 e. The van der Waals surface area contributed by atoms with E-state index in [1.807, 2.05) is 0 Å². The van der Waals surface area contributed by atoms with Crippen molar-refractivity contribution in [3.05, 3.63) is 0 Å². The van der Waals surface area contributed by atoms with Gasteiger partial charge in [0, 0.05) is 5.75 Å². The zero-order valence-electron chi connectivity index (χ0n) is 8.09. The van der Waals surface area contributed by atoms with Gasteiger partial charge in [-0.15, -0.1) is 11.8 Å². The maximum absolute atomic E-state index is 9.28. The second kappa shape index (κ2) is 11.2. The molecule has 0 aliphatic rings. The zero-order chi connectivity index (χ0) is 10.6. The first kappa shape index (κ1) is 14.2. The molecular weight excluding hydrogens is 208 g/mol. The molecule has 0 aromatic heterocycles. The van der Waals surface area contributed by atoms with Crippen molar-refractivity contribution in [1.82, 2.24) is 0 Å². The fraction of sp³-hybridized carbons (Fsp3) is 1.00. The summed E-state index contributed by atoms with van der Waals surface area (Å²) in [5.41, 5.74) is -0.584. The van der Waals surface area contributed by atoms with E-state index >= 15 is 0 Å². The lowest BCUT2D eigenvalue weighted by molar-refractivity contribution is 0.0535. The molecule has 0 aromatic rings. The highest BCUT2D eigenvalue weighted by Gasteiger charge is 2.03. The standard InChI is InChI=1S/C8H18O5S/c9-1-3-12-5-6-14-8(11)7-13-4-2-10/h8-11H,1-7H2. The molecule has 86 valence electrons. The summed E-state index contributed by atoms with van der Waals surface area (Å²) in [7, 11) is 0. The first-order valence-electron chi connectivity index (χ1n) is 4.48. The van der Waals surface area contributed by atoms with Crippen molar-refractivity contribution < 1.29 is 24.8 Å². The third-order valence-electron chi connectivity index (χ3n) is 1.27. The summed E-state index contributed by atoms with van der Waals surface area (Å²) in [6, 6.07) is 0. The van der Waals surface area contributed by atoms with E-state index in [2.05, 4.69) is 0 Å². The summed E-state index contributed by atoms with van der Waals surface area (Å²) in [5.74, 6) is 0.656. The highest BCUT2D eigenvalue weighted by molar-refractivity contribution is 7.99. The second-order valence-corrected chi connectivity index (χ2v) is 3.75. The molecule has 0 fully saturated rings. The predicted octanol–water partition coefficient (Wildman–Crippen LogP) is -0.944. The Hall–Kier alpha value is 0.150. The largest absolute Gasteiger partial charge is 0.394 e. The SMILES string of the molecule is OCCOCCSC(O)COCCO. The molecule has 0 rings (SSSR count). The van der Waals surface area contributed by atoms with Gasteiger partial charge in [0.15, 0.2) is 0 Å². The Morgan fingerprint density at radius 3 is 2.29 bits per heavy atom. The van der Waals surface area contributed by atoms with Crippen molar-refractivity contribution in [2.24, 2.45) is 0 Å². The quantitative estimate of drug-likeness (QED) is 0.329. The van der Waals surface area contributed by atoms with Gasteiger partial charge in [-0.2, -0.15) is 0 Å². The fourth-order valence-electron chi connectivity index (χ4n) is 0.707. The van der Waals surface area contributed by atoms with Crippen LogP contribution >= 0.6 is 11.8 Å². The molecule has 0 aromatic carbocycles. The minimum absolute atomic E-state index is 0.0207. The van der Waals surface area contributed by atoms with Crippen LogP contribution in [0.25, 0.3) is 0 Å². The summed E-state index contributed by atoms with van der Waals surface area (Å²) in [4.78, 5) is 0. The van der Waals surface area contributed by atoms with Gasteiger partial charge in [-0.1, -0.05) is 0 Å². The van der Waals surface area contributed by atoms with Crippen molar-refractivity contribution in [1.29, 1.82) is 0 Å². The summed E-state index contributed by atoms with van der Waals surface area (Å²) in [6.07, 6.45) is 0. The van der Waals surface area contributed by atoms with Crippen LogP contribution in [-0.2, 0) is 9.47 Å². The first-order chi connectivity index (χ1) is 6.81. The van der Waals surface area contributed by atoms with Gasteiger partial charge in [0.05, 0.1) is 39.6 Å². The number of aliphatic hydroxyl groups is 3. The van der Waals surface area contributed by atoms with Crippen molar-refractivity contribution >= 4 is 11.8 Å². The van der Waals surface area contributed by atoms with Crippen LogP contribution in [0.5, 0.6) is 0 Å². The van der Waals surface area contributed by atoms with Crippen molar-refractivity contribution in [2.45, 2.75) is 5.44 Å². The van der Waals surface area contributed by atoms with Crippen LogP contribution in [-0.4, -0.2) is 66.1 Å². The molecule has 1 unspecified atom stereocenters. The van der Waals surface area contributed by atoms with Crippen LogP contribution in [0.1, 0.15) is 0 Å². The van der Waals surface area contributed by atoms with Gasteiger partial charge in [-0.05, 0) is 0 Å². The molecule has 0 saturated heterocycles. The van der Waals surface area contributed by atoms with Crippen molar-refractivity contribution in [3.63, 3.8) is 0 Å². The molecule has 0 bridgehead atoms. The van der Waals surface area contributed by atoms with Gasteiger partial charge >= 0.3 is 0 Å². The van der Waals surface area contributed by atoms with Crippen molar-refractivity contribution in [3.8, 4) is 0 Å². The molecule has 0 aliphatic carbocycles. The molecule has 5 nitrogen and oxygen atoms in total. The lowest BCUT2D eigenvalue weighted by atomic mass is 10.7. The smallest absolute Gasteiger partial charge is 0.123 e. The number of hydrogen-bond acceptors (Lipinski definition) is 6. The molecule has 0 aliphatic heterocycles. The number of thioether (sulfide) groups is 1. The number of aliphatic hydroxyl groups excluding tert-OH is 3. The average Bonchev–Trinajstić information content (AvgIpc) is 2.18. The summed E-state index contributed by atoms with van der Waals surface area (Å²) < 4.78 is 9.92. The Balaban J connectivity index is 3.06. The Labute approximate surface area is 88.0 Å². The summed E-state index contributed by atoms with van der Waals surface area (Å²) in [6.45, 7) is 1.29. The normalized spacial score (nSPS) is 13.1. The Morgan fingerprint density at radius 2 is 1.64 bits per heavy atom. The van der Waals surface area contributed by atoms with Gasteiger partial charge in [-0.3, -0.25) is 0 Å². The van der Waals surface area contributed by atoms with E-state index < -0.39 is 5.44 Å². The minimum atomic E-state index is -0.584. The molecule has 0 spiro atoms. The third-order valence-corrected chi connectivity index (χ3v) is 2.19. The predicted molar refractivity (Wildman–Crippen MR) is 54.3 cm³/mol. The fourth-order valence-corrected chi connectivity index (χ4v) is 1.39. The topological polar surface area (TPSA) is 79.2 Å². The molecule has 0 heterocycles. The third kappa shape index (κ3) is 10.2. The minimum Gasteiger partial charge on any atom is -0.394 e. The number of hydrogen-bond donors (Lipinski definition) is 3. The van der Waals surface area contributed by atoms with E-state index in [-0.39, 0.29) is 26.4 Å². The lowest BCUT2D eigenvalue weighted by Crippen LogP contribution is -2.15. The van der Waals surface area contributed by atoms with E-state index in [9.17, 15) is 5.11 Å². The zero-order valence-corrected chi connectivity index (χ0v) is 8.91. The molecule has 6 heteroatoms. The van der Waals surface area contributed by atoms with Crippen LogP contribution < -0.4 is 0 Å². The summed E-state index contributed by atoms with van der Waals surface area (Å²) in [5, 5.41) is 26.1. The van der Waals surface area contributed by atoms with E-state index in [1.54, 1.807) is 0 Å². The first-order valence-corrected chi connectivity index (χ1v) is 5.53. The van der Waals surface area contributed by atoms with Crippen LogP contribution in [0.3, 0.4) is 0 Å². The number of rotatable bonds is 10. The molecule has 0 amide bonds. The number of ether oxygens (including phenoxy) is 2. The maximum atomic E-state index is 9.28. The summed E-state index contributed by atoms with van der Waals surface area (Å²) >= 11 is 1.32. The van der Waals surface area contributed by atoms with Crippen LogP contribution in [0.15, 0.2) is 0 Å². The van der Waals surface area contributed by atoms with Gasteiger partial charge < -0.3 is 24.8 Å². The van der Waals surface area contributed by atoms with Gasteiger partial charge in [0.25, 0.3) is 0 Å². The highest BCUT2D eigenvalue weighted by Crippen LogP contribution is 2.07. The Morgan fingerprint density at radius 1 is 1.00 bits per heavy atom. The lowest BCUT2D eigenvalue weighted by Gasteiger charge is -2.10. The Bertz CT molecular complexity index is 114.